The van der Waals surface area contributed by atoms with E-state index in [9.17, 15) is 9.59 Å². The summed E-state index contributed by atoms with van der Waals surface area (Å²) in [4.78, 5) is 22.9. The van der Waals surface area contributed by atoms with E-state index in [1.807, 2.05) is 25.1 Å². The van der Waals surface area contributed by atoms with Gasteiger partial charge in [-0.25, -0.2) is 4.68 Å². The van der Waals surface area contributed by atoms with Crippen molar-refractivity contribution in [1.82, 2.24) is 15.1 Å². The minimum Gasteiger partial charge on any atom is -0.469 e. The molecule has 0 spiro atoms. The van der Waals surface area contributed by atoms with E-state index >= 15 is 0 Å². The number of aryl methyl sites for hydroxylation is 1. The van der Waals surface area contributed by atoms with E-state index in [1.165, 1.54) is 7.11 Å². The van der Waals surface area contributed by atoms with Crippen LogP contribution in [0.2, 0.25) is 0 Å². The molecule has 0 bridgehead atoms. The van der Waals surface area contributed by atoms with Gasteiger partial charge in [0.2, 0.25) is 0 Å². The van der Waals surface area contributed by atoms with Gasteiger partial charge in [-0.2, -0.15) is 5.10 Å². The molecular formula is C16H19N3O3. The van der Waals surface area contributed by atoms with Crippen LogP contribution in [-0.4, -0.2) is 35.3 Å². The van der Waals surface area contributed by atoms with E-state index in [4.69, 9.17) is 0 Å². The maximum Gasteiger partial charge on any atom is 0.305 e. The van der Waals surface area contributed by atoms with Crippen LogP contribution in [0.3, 0.4) is 0 Å². The van der Waals surface area contributed by atoms with Crippen molar-refractivity contribution in [3.63, 3.8) is 0 Å². The van der Waals surface area contributed by atoms with Crippen LogP contribution in [0.15, 0.2) is 36.5 Å². The Hall–Kier alpha value is -2.63. The molecule has 0 radical (unpaired) electrons. The molecule has 1 N–H and O–H groups in total. The lowest BCUT2D eigenvalue weighted by Crippen LogP contribution is -2.25. The molecule has 2 aromatic rings. The molecule has 1 amide bonds. The summed E-state index contributed by atoms with van der Waals surface area (Å²) in [5.74, 6) is -0.429. The number of hydrogen-bond acceptors (Lipinski definition) is 4. The van der Waals surface area contributed by atoms with Crippen molar-refractivity contribution < 1.29 is 14.3 Å². The second kappa shape index (κ2) is 7.40. The highest BCUT2D eigenvalue weighted by Crippen LogP contribution is 2.11. The lowest BCUT2D eigenvalue weighted by Gasteiger charge is -2.07. The third-order valence-corrected chi connectivity index (χ3v) is 3.28. The average molecular weight is 301 g/mol. The molecular weight excluding hydrogens is 282 g/mol. The standard InChI is InChI=1S/C16H19N3O3/c1-12-9-11-18-19(12)14-7-5-13(6-8-14)16(21)17-10-3-4-15(20)22-2/h5-9,11H,3-4,10H2,1-2H3,(H,17,21). The highest BCUT2D eigenvalue weighted by molar-refractivity contribution is 5.94. The highest BCUT2D eigenvalue weighted by Gasteiger charge is 2.07. The lowest BCUT2D eigenvalue weighted by molar-refractivity contribution is -0.140. The maximum absolute atomic E-state index is 12.0. The third-order valence-electron chi connectivity index (χ3n) is 3.28. The second-order valence-corrected chi connectivity index (χ2v) is 4.87. The minimum absolute atomic E-state index is 0.159. The topological polar surface area (TPSA) is 73.2 Å². The maximum atomic E-state index is 12.0. The predicted molar refractivity (Wildman–Crippen MR) is 81.9 cm³/mol. The second-order valence-electron chi connectivity index (χ2n) is 4.87. The summed E-state index contributed by atoms with van der Waals surface area (Å²) in [6, 6.07) is 9.13. The normalized spacial score (nSPS) is 10.3. The summed E-state index contributed by atoms with van der Waals surface area (Å²) >= 11 is 0. The highest BCUT2D eigenvalue weighted by atomic mass is 16.5. The zero-order valence-electron chi connectivity index (χ0n) is 12.7. The van der Waals surface area contributed by atoms with Crippen LogP contribution < -0.4 is 5.32 Å². The Balaban J connectivity index is 1.89. The quantitative estimate of drug-likeness (QED) is 0.653. The number of methoxy groups -OCH3 is 1. The molecule has 116 valence electrons. The summed E-state index contributed by atoms with van der Waals surface area (Å²) < 4.78 is 6.34. The number of hydrogen-bond donors (Lipinski definition) is 1. The molecule has 2 rings (SSSR count). The van der Waals surface area contributed by atoms with E-state index in [0.717, 1.165) is 11.4 Å². The van der Waals surface area contributed by atoms with Crippen LogP contribution in [0, 0.1) is 6.92 Å². The van der Waals surface area contributed by atoms with Gasteiger partial charge in [-0.15, -0.1) is 0 Å². The molecule has 0 aliphatic heterocycles. The van der Waals surface area contributed by atoms with Crippen LogP contribution >= 0.6 is 0 Å². The Morgan fingerprint density at radius 1 is 1.23 bits per heavy atom. The van der Waals surface area contributed by atoms with Crippen molar-refractivity contribution in [2.75, 3.05) is 13.7 Å². The van der Waals surface area contributed by atoms with Gasteiger partial charge in [0.15, 0.2) is 0 Å². The van der Waals surface area contributed by atoms with Gasteiger partial charge < -0.3 is 10.1 Å². The summed E-state index contributed by atoms with van der Waals surface area (Å²) in [5.41, 5.74) is 2.51. The van der Waals surface area contributed by atoms with E-state index in [-0.39, 0.29) is 11.9 Å². The number of aromatic nitrogens is 2. The van der Waals surface area contributed by atoms with Gasteiger partial charge in [0.1, 0.15) is 0 Å². The van der Waals surface area contributed by atoms with E-state index in [2.05, 4.69) is 15.2 Å². The number of carbonyl (C=O) groups excluding carboxylic acids is 2. The number of ether oxygens (including phenoxy) is 1. The number of esters is 1. The minimum atomic E-state index is -0.270. The Morgan fingerprint density at radius 2 is 1.95 bits per heavy atom. The monoisotopic (exact) mass is 301 g/mol. The molecule has 0 unspecified atom stereocenters. The van der Waals surface area contributed by atoms with Crippen molar-refractivity contribution in [1.29, 1.82) is 0 Å². The fourth-order valence-electron chi connectivity index (χ4n) is 2.03. The lowest BCUT2D eigenvalue weighted by atomic mass is 10.2. The predicted octanol–water partition coefficient (Wildman–Crippen LogP) is 1.86. The van der Waals surface area contributed by atoms with Crippen LogP contribution in [0.25, 0.3) is 5.69 Å². The van der Waals surface area contributed by atoms with Crippen molar-refractivity contribution in [2.24, 2.45) is 0 Å². The van der Waals surface area contributed by atoms with Crippen molar-refractivity contribution in [3.05, 3.63) is 47.8 Å². The molecule has 1 aromatic heterocycles. The average Bonchev–Trinajstić information content (AvgIpc) is 2.97. The van der Waals surface area contributed by atoms with Crippen LogP contribution in [-0.2, 0) is 9.53 Å². The molecule has 0 atom stereocenters. The molecule has 0 aliphatic rings. The fourth-order valence-corrected chi connectivity index (χ4v) is 2.03. The van der Waals surface area contributed by atoms with Crippen molar-refractivity contribution >= 4 is 11.9 Å². The molecule has 0 aliphatic carbocycles. The van der Waals surface area contributed by atoms with E-state index in [0.29, 0.717) is 24.9 Å². The molecule has 0 saturated carbocycles. The number of nitrogens with zero attached hydrogens (tertiary/aromatic N) is 2. The van der Waals surface area contributed by atoms with Crippen molar-refractivity contribution in [2.45, 2.75) is 19.8 Å². The zero-order chi connectivity index (χ0) is 15.9. The molecule has 1 aromatic carbocycles. The van der Waals surface area contributed by atoms with E-state index in [1.54, 1.807) is 23.0 Å². The zero-order valence-corrected chi connectivity index (χ0v) is 12.7. The van der Waals surface area contributed by atoms with Gasteiger partial charge in [-0.1, -0.05) is 0 Å². The van der Waals surface area contributed by atoms with Crippen molar-refractivity contribution in [3.8, 4) is 5.69 Å². The largest absolute Gasteiger partial charge is 0.469 e. The van der Waals surface area contributed by atoms with Gasteiger partial charge >= 0.3 is 5.97 Å². The smallest absolute Gasteiger partial charge is 0.305 e. The van der Waals surface area contributed by atoms with Gasteiger partial charge in [-0.3, -0.25) is 9.59 Å². The van der Waals surface area contributed by atoms with Gasteiger partial charge in [0.25, 0.3) is 5.91 Å². The van der Waals surface area contributed by atoms with Crippen LogP contribution in [0.4, 0.5) is 0 Å². The third kappa shape index (κ3) is 3.94. The summed E-state index contributed by atoms with van der Waals surface area (Å²) in [6.45, 7) is 2.41. The SMILES string of the molecule is COC(=O)CCCNC(=O)c1ccc(-n2nccc2C)cc1. The molecule has 0 saturated heterocycles. The number of nitrogens with one attached hydrogen (secondary N) is 1. The van der Waals surface area contributed by atoms with Gasteiger partial charge in [0, 0.05) is 30.4 Å². The van der Waals surface area contributed by atoms with Crippen LogP contribution in [0.1, 0.15) is 28.9 Å². The molecule has 6 nitrogen and oxygen atoms in total. The first-order valence-electron chi connectivity index (χ1n) is 7.08. The Kier molecular flexibility index (Phi) is 5.30. The number of benzene rings is 1. The number of amides is 1. The Morgan fingerprint density at radius 3 is 2.55 bits per heavy atom. The first-order chi connectivity index (χ1) is 10.6. The summed E-state index contributed by atoms with van der Waals surface area (Å²) in [5, 5.41) is 6.99. The first-order valence-corrected chi connectivity index (χ1v) is 7.08. The number of rotatable bonds is 6. The van der Waals surface area contributed by atoms with Gasteiger partial charge in [0.05, 0.1) is 12.8 Å². The molecule has 1 heterocycles. The van der Waals surface area contributed by atoms with Crippen LogP contribution in [0.5, 0.6) is 0 Å². The molecule has 0 fully saturated rings. The van der Waals surface area contributed by atoms with Gasteiger partial charge in [-0.05, 0) is 43.7 Å². The Labute approximate surface area is 129 Å². The molecule has 6 heteroatoms. The summed E-state index contributed by atoms with van der Waals surface area (Å²) in [6.07, 6.45) is 2.59. The number of carbonyl (C=O) groups is 2. The summed E-state index contributed by atoms with van der Waals surface area (Å²) in [7, 11) is 1.35. The first kappa shape index (κ1) is 15.8. The Bertz CT molecular complexity index is 647. The fraction of sp³-hybridized carbons (Fsp3) is 0.312. The molecule has 22 heavy (non-hydrogen) atoms. The van der Waals surface area contributed by atoms with E-state index < -0.39 is 0 Å².